The van der Waals surface area contributed by atoms with Gasteiger partial charge in [-0.15, -0.1) is 11.3 Å². The highest BCUT2D eigenvalue weighted by Crippen LogP contribution is 2.33. The van der Waals surface area contributed by atoms with E-state index in [4.69, 9.17) is 17.3 Å². The van der Waals surface area contributed by atoms with Gasteiger partial charge in [0.2, 0.25) is 11.9 Å². The molecule has 0 radical (unpaired) electrons. The highest BCUT2D eigenvalue weighted by atomic mass is 35.5. The summed E-state index contributed by atoms with van der Waals surface area (Å²) in [6.07, 6.45) is 0.206. The Kier molecular flexibility index (Phi) is 2.98. The van der Waals surface area contributed by atoms with Crippen molar-refractivity contribution in [1.82, 2.24) is 15.0 Å². The SMILES string of the molecule is Nc1nc(Cl)c2c(n1)N(Cc1ccc3ncsc3c1)C(=O)C2. The van der Waals surface area contributed by atoms with Crippen LogP contribution in [0.25, 0.3) is 10.2 Å². The summed E-state index contributed by atoms with van der Waals surface area (Å²) >= 11 is 7.62. The van der Waals surface area contributed by atoms with Crippen LogP contribution in [0.5, 0.6) is 0 Å². The van der Waals surface area contributed by atoms with Gasteiger partial charge >= 0.3 is 0 Å². The number of hydrogen-bond donors (Lipinski definition) is 1. The van der Waals surface area contributed by atoms with E-state index in [1.807, 2.05) is 18.2 Å². The minimum absolute atomic E-state index is 0.0544. The Morgan fingerprint density at radius 1 is 1.36 bits per heavy atom. The number of fused-ring (bicyclic) bond motifs is 2. The molecule has 3 heterocycles. The molecule has 110 valence electrons. The molecular formula is C14H10ClN5OS. The highest BCUT2D eigenvalue weighted by molar-refractivity contribution is 7.16. The van der Waals surface area contributed by atoms with Crippen molar-refractivity contribution in [2.75, 3.05) is 10.6 Å². The van der Waals surface area contributed by atoms with Gasteiger partial charge in [-0.3, -0.25) is 9.69 Å². The minimum atomic E-state index is -0.0544. The average molecular weight is 332 g/mol. The molecule has 0 atom stereocenters. The van der Waals surface area contributed by atoms with E-state index in [2.05, 4.69) is 15.0 Å². The first-order valence-corrected chi connectivity index (χ1v) is 7.82. The summed E-state index contributed by atoms with van der Waals surface area (Å²) in [5.74, 6) is 0.523. The van der Waals surface area contributed by atoms with Gasteiger partial charge in [0.1, 0.15) is 11.0 Å². The lowest BCUT2D eigenvalue weighted by Gasteiger charge is -2.16. The van der Waals surface area contributed by atoms with Crippen molar-refractivity contribution in [2.45, 2.75) is 13.0 Å². The first-order chi connectivity index (χ1) is 10.6. The van der Waals surface area contributed by atoms with Crippen LogP contribution in [0.3, 0.4) is 0 Å². The largest absolute Gasteiger partial charge is 0.368 e. The number of nitrogens with zero attached hydrogens (tertiary/aromatic N) is 4. The zero-order valence-corrected chi connectivity index (χ0v) is 12.9. The van der Waals surface area contributed by atoms with Crippen LogP contribution in [0.1, 0.15) is 11.1 Å². The molecule has 1 aliphatic heterocycles. The number of carbonyl (C=O) groups is 1. The van der Waals surface area contributed by atoms with E-state index >= 15 is 0 Å². The molecule has 0 fully saturated rings. The molecule has 8 heteroatoms. The van der Waals surface area contributed by atoms with Crippen LogP contribution in [-0.2, 0) is 17.8 Å². The second-order valence-corrected chi connectivity index (χ2v) is 6.23. The molecule has 1 amide bonds. The number of amides is 1. The smallest absolute Gasteiger partial charge is 0.233 e. The first kappa shape index (κ1) is 13.4. The van der Waals surface area contributed by atoms with E-state index in [1.165, 1.54) is 0 Å². The minimum Gasteiger partial charge on any atom is -0.368 e. The lowest BCUT2D eigenvalue weighted by atomic mass is 10.2. The van der Waals surface area contributed by atoms with Crippen molar-refractivity contribution >= 4 is 50.8 Å². The van der Waals surface area contributed by atoms with Gasteiger partial charge in [0.25, 0.3) is 0 Å². The maximum absolute atomic E-state index is 12.3. The zero-order valence-electron chi connectivity index (χ0n) is 11.3. The van der Waals surface area contributed by atoms with Gasteiger partial charge < -0.3 is 5.73 Å². The number of halogens is 1. The summed E-state index contributed by atoms with van der Waals surface area (Å²) in [5.41, 5.74) is 10.0. The molecule has 0 bridgehead atoms. The fraction of sp³-hybridized carbons (Fsp3) is 0.143. The Balaban J connectivity index is 1.73. The maximum Gasteiger partial charge on any atom is 0.233 e. The van der Waals surface area contributed by atoms with E-state index in [0.29, 0.717) is 17.9 Å². The standard InChI is InChI=1S/C14H10ClN5OS/c15-12-8-4-11(21)20(13(8)19-14(16)18-12)5-7-1-2-9-10(3-7)22-6-17-9/h1-3,6H,4-5H2,(H2,16,18,19). The molecule has 2 aromatic heterocycles. The Hall–Kier alpha value is -2.25. The normalized spacial score (nSPS) is 13.9. The van der Waals surface area contributed by atoms with Crippen LogP contribution in [-0.4, -0.2) is 20.9 Å². The van der Waals surface area contributed by atoms with Gasteiger partial charge in [0.15, 0.2) is 0 Å². The van der Waals surface area contributed by atoms with Crippen LogP contribution in [0.2, 0.25) is 5.15 Å². The second-order valence-electron chi connectivity index (χ2n) is 4.99. The molecule has 0 spiro atoms. The molecule has 6 nitrogen and oxygen atoms in total. The number of nitrogen functional groups attached to an aromatic ring is 1. The molecule has 22 heavy (non-hydrogen) atoms. The number of carbonyl (C=O) groups excluding carboxylic acids is 1. The summed E-state index contributed by atoms with van der Waals surface area (Å²) in [6, 6.07) is 5.94. The van der Waals surface area contributed by atoms with Crippen LogP contribution < -0.4 is 10.6 Å². The summed E-state index contributed by atoms with van der Waals surface area (Å²) in [4.78, 5) is 26.2. The van der Waals surface area contributed by atoms with E-state index in [-0.39, 0.29) is 23.4 Å². The zero-order chi connectivity index (χ0) is 15.3. The number of rotatable bonds is 2. The average Bonchev–Trinajstić information content (AvgIpc) is 3.05. The van der Waals surface area contributed by atoms with Crippen molar-refractivity contribution in [1.29, 1.82) is 0 Å². The van der Waals surface area contributed by atoms with Crippen molar-refractivity contribution < 1.29 is 4.79 Å². The third-order valence-electron chi connectivity index (χ3n) is 3.57. The fourth-order valence-electron chi connectivity index (χ4n) is 2.54. The van der Waals surface area contributed by atoms with Crippen LogP contribution in [0, 0.1) is 0 Å². The van der Waals surface area contributed by atoms with Crippen LogP contribution >= 0.6 is 22.9 Å². The lowest BCUT2D eigenvalue weighted by Crippen LogP contribution is -2.26. The molecule has 2 N–H and O–H groups in total. The Morgan fingerprint density at radius 2 is 2.23 bits per heavy atom. The third kappa shape index (κ3) is 2.10. The number of aromatic nitrogens is 3. The predicted octanol–water partition coefficient (Wildman–Crippen LogP) is 2.41. The summed E-state index contributed by atoms with van der Waals surface area (Å²) < 4.78 is 1.09. The molecule has 0 unspecified atom stereocenters. The van der Waals surface area contributed by atoms with Gasteiger partial charge in [-0.1, -0.05) is 17.7 Å². The Bertz CT molecular complexity index is 909. The molecule has 0 saturated carbocycles. The highest BCUT2D eigenvalue weighted by Gasteiger charge is 2.31. The monoisotopic (exact) mass is 331 g/mol. The lowest BCUT2D eigenvalue weighted by molar-refractivity contribution is -0.117. The predicted molar refractivity (Wildman–Crippen MR) is 86.0 cm³/mol. The van der Waals surface area contributed by atoms with Crippen molar-refractivity contribution in [3.05, 3.63) is 40.0 Å². The molecule has 1 aromatic carbocycles. The van der Waals surface area contributed by atoms with Gasteiger partial charge in [-0.2, -0.15) is 4.98 Å². The molecule has 1 aliphatic rings. The van der Waals surface area contributed by atoms with Gasteiger partial charge in [-0.25, -0.2) is 9.97 Å². The third-order valence-corrected chi connectivity index (χ3v) is 4.68. The van der Waals surface area contributed by atoms with E-state index < -0.39 is 0 Å². The number of benzene rings is 1. The summed E-state index contributed by atoms with van der Waals surface area (Å²) in [7, 11) is 0. The van der Waals surface area contributed by atoms with Gasteiger partial charge in [0, 0.05) is 5.56 Å². The van der Waals surface area contributed by atoms with Gasteiger partial charge in [0.05, 0.1) is 28.7 Å². The van der Waals surface area contributed by atoms with Crippen LogP contribution in [0.15, 0.2) is 23.7 Å². The summed E-state index contributed by atoms with van der Waals surface area (Å²) in [6.45, 7) is 0.423. The number of hydrogen-bond acceptors (Lipinski definition) is 6. The molecule has 0 saturated heterocycles. The second kappa shape index (κ2) is 4.89. The van der Waals surface area contributed by atoms with E-state index in [1.54, 1.807) is 21.7 Å². The van der Waals surface area contributed by atoms with E-state index in [0.717, 1.165) is 15.8 Å². The van der Waals surface area contributed by atoms with Gasteiger partial charge in [-0.05, 0) is 17.7 Å². The fourth-order valence-corrected chi connectivity index (χ4v) is 3.52. The van der Waals surface area contributed by atoms with Crippen LogP contribution in [0.4, 0.5) is 11.8 Å². The molecular weight excluding hydrogens is 322 g/mol. The Morgan fingerprint density at radius 3 is 3.09 bits per heavy atom. The molecule has 4 rings (SSSR count). The Labute approximate surface area is 134 Å². The quantitative estimate of drug-likeness (QED) is 0.729. The van der Waals surface area contributed by atoms with Crippen molar-refractivity contribution in [3.8, 4) is 0 Å². The number of anilines is 2. The molecule has 0 aliphatic carbocycles. The maximum atomic E-state index is 12.3. The summed E-state index contributed by atoms with van der Waals surface area (Å²) in [5, 5.41) is 0.247. The molecule has 3 aromatic rings. The van der Waals surface area contributed by atoms with E-state index in [9.17, 15) is 4.79 Å². The topological polar surface area (TPSA) is 85.0 Å². The van der Waals surface area contributed by atoms with Crippen molar-refractivity contribution in [3.63, 3.8) is 0 Å². The first-order valence-electron chi connectivity index (χ1n) is 6.56. The van der Waals surface area contributed by atoms with Crippen molar-refractivity contribution in [2.24, 2.45) is 0 Å². The number of thiazole rings is 1. The number of nitrogens with two attached hydrogens (primary N) is 1.